The third kappa shape index (κ3) is 19.5. The quantitative estimate of drug-likeness (QED) is 0.0157. The number of guanidine groups is 1. The molecule has 0 bridgehead atoms. The van der Waals surface area contributed by atoms with Gasteiger partial charge in [-0.25, -0.2) is 4.98 Å². The highest BCUT2D eigenvalue weighted by Gasteiger charge is 2.41. The largest absolute Gasteiger partial charge is 0.508 e. The molecule has 2 aliphatic rings. The number of aliphatic hydroxyl groups is 1. The van der Waals surface area contributed by atoms with Gasteiger partial charge >= 0.3 is 0 Å². The van der Waals surface area contributed by atoms with E-state index in [4.69, 9.17) is 11.5 Å². The fraction of sp³-hybridized carbons (Fsp3) is 0.533. The number of aromatic amines is 2. The number of hydrogen-bond donors (Lipinski definition) is 14. The molecule has 0 radical (unpaired) electrons. The van der Waals surface area contributed by atoms with Crippen LogP contribution in [0.1, 0.15) is 103 Å². The minimum Gasteiger partial charge on any atom is -0.508 e. The van der Waals surface area contributed by atoms with Crippen molar-refractivity contribution in [2.45, 2.75) is 160 Å². The number of rotatable bonds is 32. The molecule has 4 heterocycles. The summed E-state index contributed by atoms with van der Waals surface area (Å²) in [5.41, 5.74) is 13.3. The first kappa shape index (κ1) is 68.0. The predicted octanol–water partition coefficient (Wildman–Crippen LogP) is -1.10. The van der Waals surface area contributed by atoms with Crippen LogP contribution in [-0.2, 0) is 67.2 Å². The van der Waals surface area contributed by atoms with Crippen molar-refractivity contribution in [3.63, 3.8) is 0 Å². The topological polar surface area (TPSA) is 423 Å². The van der Waals surface area contributed by atoms with Gasteiger partial charge in [-0.05, 0) is 93.0 Å². The standard InChI is InChI=1S/C60H86N16O12/c1-7-64-56(85)48-15-11-23-76(48)59(88)41(14-10-22-65-60(61)62)69-51(80)43(24-33(2)3)70-52(81)44(25-34(4)5)71-53(82)45(26-35-16-18-38(78)19-17-35)72-55(84)47(31-77)74-54(83)46(27-36-29-66-40-13-9-8-12-39(36)40)73-57(86)49(28-37-30-63-32-67-37)75(6)58(87)42-20-21-50(79)68-42/h8-9,12-13,16-19,29-30,32-34,41-49,66,77-78H,7,10-11,14-15,20-28,31H2,1-6H3,(H,63,67)(H,64,85)(H,68,79)(H,69,80)(H,70,81)(H,71,82)(H,72,84)(H,73,86)(H,74,83)(H4,61,62,65)/t41-,42-,43-,44+,45-,46-,47-,48-,49-/m0/s1. The maximum absolute atomic E-state index is 14.7. The van der Waals surface area contributed by atoms with Crippen molar-refractivity contribution in [3.05, 3.63) is 84.1 Å². The Kier molecular flexibility index (Phi) is 25.2. The molecule has 2 aromatic heterocycles. The Morgan fingerprint density at radius 3 is 1.93 bits per heavy atom. The highest BCUT2D eigenvalue weighted by molar-refractivity contribution is 5.99. The van der Waals surface area contributed by atoms with E-state index in [1.54, 1.807) is 19.2 Å². The van der Waals surface area contributed by atoms with Gasteiger partial charge in [0.05, 0.1) is 12.9 Å². The summed E-state index contributed by atoms with van der Waals surface area (Å²) in [5, 5.41) is 43.4. The highest BCUT2D eigenvalue weighted by atomic mass is 16.3. The molecule has 2 fully saturated rings. The van der Waals surface area contributed by atoms with Crippen molar-refractivity contribution in [1.82, 2.24) is 67.3 Å². The maximum atomic E-state index is 14.7. The van der Waals surface area contributed by atoms with E-state index in [1.807, 2.05) is 45.9 Å². The number of nitrogens with one attached hydrogen (secondary N) is 10. The number of aromatic hydroxyl groups is 1. The number of likely N-dealkylation sites (tertiary alicyclic amines) is 1. The molecule has 16 N–H and O–H groups in total. The van der Waals surface area contributed by atoms with E-state index in [2.05, 4.69) is 62.5 Å². The number of nitrogens with two attached hydrogens (primary N) is 2. The SMILES string of the molecule is CCNC(=O)[C@@H]1CCCN1C(=O)[C@H](CCCN=C(N)N)NC(=O)[C@H](CC(C)C)NC(=O)[C@@H](CC(C)C)NC(=O)[C@H](Cc1ccc(O)cc1)NC(=O)[C@H](CO)NC(=O)[C@H](Cc1c[nH]c2ccccc12)NC(=O)[C@H](Cc1cnc[nH]1)N(C)C(=O)[C@@H]1CCC(=O)N1. The van der Waals surface area contributed by atoms with E-state index in [1.165, 1.54) is 53.6 Å². The van der Waals surface area contributed by atoms with E-state index in [0.29, 0.717) is 36.2 Å². The number of benzene rings is 2. The number of H-pyrrole nitrogens is 2. The van der Waals surface area contributed by atoms with Crippen molar-refractivity contribution in [1.29, 1.82) is 0 Å². The molecule has 0 saturated carbocycles. The Morgan fingerprint density at radius 1 is 0.750 bits per heavy atom. The van der Waals surface area contributed by atoms with Gasteiger partial charge in [-0.1, -0.05) is 58.0 Å². The lowest BCUT2D eigenvalue weighted by Crippen LogP contribution is -2.61. The minimum atomic E-state index is -1.75. The molecule has 0 aliphatic carbocycles. The molecular weight excluding hydrogens is 1140 g/mol. The molecule has 0 spiro atoms. The lowest BCUT2D eigenvalue weighted by molar-refractivity contribution is -0.142. The van der Waals surface area contributed by atoms with Crippen molar-refractivity contribution in [2.24, 2.45) is 28.3 Å². The Morgan fingerprint density at radius 2 is 1.34 bits per heavy atom. The average molecular weight is 1220 g/mol. The summed E-state index contributed by atoms with van der Waals surface area (Å²) in [6.45, 7) is 8.83. The highest BCUT2D eigenvalue weighted by Crippen LogP contribution is 2.23. The summed E-state index contributed by atoms with van der Waals surface area (Å²) in [7, 11) is 1.41. The van der Waals surface area contributed by atoms with Crippen LogP contribution in [0.2, 0.25) is 0 Å². The molecule has 2 saturated heterocycles. The molecule has 9 atom stereocenters. The van der Waals surface area contributed by atoms with Gasteiger partial charge in [0.1, 0.15) is 60.1 Å². The van der Waals surface area contributed by atoms with E-state index >= 15 is 0 Å². The summed E-state index contributed by atoms with van der Waals surface area (Å²) in [6.07, 6.45) is 5.89. The number of carbonyl (C=O) groups excluding carboxylic acids is 10. The number of imidazole rings is 1. The number of carbonyl (C=O) groups is 10. The number of aliphatic imine (C=N–C) groups is 1. The summed E-state index contributed by atoms with van der Waals surface area (Å²) in [5.74, 6) is -7.40. The number of phenols is 1. The first-order chi connectivity index (χ1) is 42.0. The molecule has 28 nitrogen and oxygen atoms in total. The number of para-hydroxylation sites is 1. The average Bonchev–Trinajstić information content (AvgIpc) is 3.68. The number of amides is 10. The summed E-state index contributed by atoms with van der Waals surface area (Å²) in [6, 6.07) is 1.68. The first-order valence-electron chi connectivity index (χ1n) is 29.9. The van der Waals surface area contributed by atoms with Crippen LogP contribution >= 0.6 is 0 Å². The van der Waals surface area contributed by atoms with Crippen LogP contribution in [0, 0.1) is 11.8 Å². The van der Waals surface area contributed by atoms with Gasteiger partial charge in [-0.15, -0.1) is 0 Å². The van der Waals surface area contributed by atoms with Gasteiger partial charge in [-0.2, -0.15) is 0 Å². The van der Waals surface area contributed by atoms with Crippen LogP contribution in [0.4, 0.5) is 0 Å². The van der Waals surface area contributed by atoms with Gasteiger partial charge in [0.25, 0.3) is 0 Å². The number of nitrogens with zero attached hydrogens (tertiary/aromatic N) is 4. The van der Waals surface area contributed by atoms with Gasteiger partial charge < -0.3 is 84.0 Å². The Balaban J connectivity index is 1.23. The molecule has 10 amide bonds. The first-order valence-corrected chi connectivity index (χ1v) is 29.9. The van der Waals surface area contributed by atoms with Crippen LogP contribution < -0.4 is 54.0 Å². The second-order valence-electron chi connectivity index (χ2n) is 23.2. The monoisotopic (exact) mass is 1220 g/mol. The van der Waals surface area contributed by atoms with Crippen LogP contribution in [-0.4, -0.2) is 188 Å². The molecule has 4 aromatic rings. The van der Waals surface area contributed by atoms with E-state index in [-0.39, 0.29) is 106 Å². The number of aliphatic hydroxyl groups excluding tert-OH is 1. The smallest absolute Gasteiger partial charge is 0.245 e. The van der Waals surface area contributed by atoms with Gasteiger partial charge in [-0.3, -0.25) is 52.9 Å². The number of likely N-dealkylation sites (N-methyl/N-ethyl adjacent to an activating group) is 2. The van der Waals surface area contributed by atoms with Crippen molar-refractivity contribution < 1.29 is 58.2 Å². The fourth-order valence-corrected chi connectivity index (χ4v) is 10.8. The lowest BCUT2D eigenvalue weighted by Gasteiger charge is -2.31. The molecule has 2 aromatic carbocycles. The molecule has 2 aliphatic heterocycles. The molecule has 28 heteroatoms. The van der Waals surface area contributed by atoms with Gasteiger partial charge in [0.15, 0.2) is 5.96 Å². The van der Waals surface area contributed by atoms with Crippen LogP contribution in [0.25, 0.3) is 10.9 Å². The third-order valence-electron chi connectivity index (χ3n) is 15.4. The molecule has 6 rings (SSSR count). The predicted molar refractivity (Wildman–Crippen MR) is 325 cm³/mol. The number of fused-ring (bicyclic) bond motifs is 1. The summed E-state index contributed by atoms with van der Waals surface area (Å²) in [4.78, 5) is 157. The van der Waals surface area contributed by atoms with Crippen LogP contribution in [0.15, 0.2) is 72.2 Å². The van der Waals surface area contributed by atoms with Crippen LogP contribution in [0.5, 0.6) is 5.75 Å². The van der Waals surface area contributed by atoms with Crippen molar-refractivity contribution in [2.75, 3.05) is 33.3 Å². The van der Waals surface area contributed by atoms with Crippen molar-refractivity contribution in [3.8, 4) is 5.75 Å². The van der Waals surface area contributed by atoms with E-state index in [9.17, 15) is 58.2 Å². The number of phenolic OH excluding ortho intramolecular Hbond substituents is 1. The molecule has 0 unspecified atom stereocenters. The zero-order valence-electron chi connectivity index (χ0n) is 50.7. The second kappa shape index (κ2) is 32.6. The zero-order valence-corrected chi connectivity index (χ0v) is 50.7. The molecule has 478 valence electrons. The van der Waals surface area contributed by atoms with E-state index < -0.39 is 108 Å². The zero-order chi connectivity index (χ0) is 64.2. The van der Waals surface area contributed by atoms with E-state index in [0.717, 1.165) is 10.9 Å². The Labute approximate surface area is 510 Å². The summed E-state index contributed by atoms with van der Waals surface area (Å²) < 4.78 is 0. The van der Waals surface area contributed by atoms with Gasteiger partial charge in [0.2, 0.25) is 59.1 Å². The van der Waals surface area contributed by atoms with Crippen molar-refractivity contribution >= 4 is 75.9 Å². The second-order valence-corrected chi connectivity index (χ2v) is 23.2. The van der Waals surface area contributed by atoms with Crippen LogP contribution in [0.3, 0.4) is 0 Å². The molecular formula is C60H86N16O12. The fourth-order valence-electron chi connectivity index (χ4n) is 10.8. The molecule has 88 heavy (non-hydrogen) atoms. The number of aromatic nitrogens is 3. The number of hydrogen-bond acceptors (Lipinski definition) is 14. The minimum absolute atomic E-state index is 0.0399. The summed E-state index contributed by atoms with van der Waals surface area (Å²) >= 11 is 0. The lowest BCUT2D eigenvalue weighted by atomic mass is 9.98. The Hall–Kier alpha value is -9.08. The Bertz CT molecular complexity index is 3090. The normalized spacial score (nSPS) is 17.1. The van der Waals surface area contributed by atoms with Gasteiger partial charge in [0, 0.05) is 81.4 Å². The third-order valence-corrected chi connectivity index (χ3v) is 15.4. The maximum Gasteiger partial charge on any atom is 0.245 e.